The van der Waals surface area contributed by atoms with E-state index < -0.39 is 16.1 Å². The number of thiazole rings is 1. The normalized spacial score (nSPS) is 27.3. The van der Waals surface area contributed by atoms with Gasteiger partial charge in [-0.2, -0.15) is 0 Å². The molecule has 0 saturated heterocycles. The fraction of sp³-hybridized carbons (Fsp3) is 0.483. The number of aliphatic hydroxyl groups is 1. The highest BCUT2D eigenvalue weighted by atomic mass is 32.2. The van der Waals surface area contributed by atoms with Crippen LogP contribution in [0.4, 0.5) is 5.13 Å². The number of aromatic nitrogens is 2. The van der Waals surface area contributed by atoms with Crippen molar-refractivity contribution >= 4 is 43.3 Å². The zero-order valence-electron chi connectivity index (χ0n) is 22.8. The van der Waals surface area contributed by atoms with Crippen LogP contribution in [0.5, 0.6) is 0 Å². The smallest absolute Gasteiger partial charge is 0.265 e. The van der Waals surface area contributed by atoms with Crippen molar-refractivity contribution in [2.45, 2.75) is 57.0 Å². The van der Waals surface area contributed by atoms with Crippen LogP contribution in [0.1, 0.15) is 50.1 Å². The Balaban J connectivity index is 1.41. The molecule has 0 aliphatic heterocycles. The zero-order valence-corrected chi connectivity index (χ0v) is 24.4. The van der Waals surface area contributed by atoms with E-state index in [9.17, 15) is 18.3 Å². The van der Waals surface area contributed by atoms with Gasteiger partial charge in [-0.1, -0.05) is 45.0 Å². The monoisotopic (exact) mass is 568 g/mol. The maximum atomic E-state index is 13.4. The van der Waals surface area contributed by atoms with Crippen molar-refractivity contribution in [2.75, 3.05) is 18.3 Å². The molecule has 0 radical (unpaired) electrons. The molecule has 1 amide bonds. The first kappa shape index (κ1) is 27.7. The number of fused-ring (bicyclic) bond motifs is 3. The van der Waals surface area contributed by atoms with Gasteiger partial charge < -0.3 is 10.0 Å². The van der Waals surface area contributed by atoms with Crippen LogP contribution in [-0.2, 0) is 21.2 Å². The van der Waals surface area contributed by atoms with Gasteiger partial charge in [0.05, 0.1) is 17.3 Å². The number of likely N-dealkylation sites (N-methyl/N-ethyl adjacent to an activating group) is 1. The van der Waals surface area contributed by atoms with Crippen molar-refractivity contribution in [3.8, 4) is 0 Å². The summed E-state index contributed by atoms with van der Waals surface area (Å²) in [6, 6.07) is 8.69. The molecular weight excluding hydrogens is 532 g/mol. The number of amides is 1. The molecule has 5 rings (SSSR count). The van der Waals surface area contributed by atoms with E-state index in [2.05, 4.69) is 30.1 Å². The van der Waals surface area contributed by atoms with Gasteiger partial charge in [-0.3, -0.25) is 14.5 Å². The number of nitrogens with zero attached hydrogens (tertiary/aromatic N) is 3. The standard InChI is InChI=1S/C29H36N4O4S2/c1-6-15-33(5)27(35)17(2)20-12-13-29(4)16-21-24(18(3)23(29)26(20)34)31-28(38-21)32-39(36,37)22-11-7-9-19-10-8-14-30-25(19)22/h6-11,14,17-18,20,23,26,34H,1,12-13,15-16H2,2-5H3,(H,31,32)/t17-,18-,20?,23+,26-,29-/m0/s1. The zero-order chi connectivity index (χ0) is 28.1. The Morgan fingerprint density at radius 2 is 2.10 bits per heavy atom. The Morgan fingerprint density at radius 3 is 2.85 bits per heavy atom. The molecule has 3 aromatic rings. The Bertz CT molecular complexity index is 1520. The number of anilines is 1. The number of benzene rings is 1. The van der Waals surface area contributed by atoms with Gasteiger partial charge in [-0.15, -0.1) is 17.9 Å². The van der Waals surface area contributed by atoms with Crippen LogP contribution in [0.25, 0.3) is 10.9 Å². The molecule has 2 aliphatic rings. The van der Waals surface area contributed by atoms with E-state index >= 15 is 0 Å². The maximum Gasteiger partial charge on any atom is 0.265 e. The molecule has 2 N–H and O–H groups in total. The number of carbonyl (C=O) groups is 1. The minimum Gasteiger partial charge on any atom is -0.392 e. The van der Waals surface area contributed by atoms with E-state index in [0.29, 0.717) is 17.2 Å². The number of aliphatic hydroxyl groups excluding tert-OH is 1. The second-order valence-electron chi connectivity index (χ2n) is 11.4. The van der Waals surface area contributed by atoms with Crippen LogP contribution < -0.4 is 4.72 Å². The number of pyridine rings is 1. The third-order valence-electron chi connectivity index (χ3n) is 8.84. The molecule has 1 aromatic carbocycles. The van der Waals surface area contributed by atoms with E-state index in [1.807, 2.05) is 19.1 Å². The quantitative estimate of drug-likeness (QED) is 0.395. The van der Waals surface area contributed by atoms with E-state index in [-0.39, 0.29) is 39.9 Å². The average Bonchev–Trinajstić information content (AvgIpc) is 3.28. The molecule has 2 aliphatic carbocycles. The van der Waals surface area contributed by atoms with Crippen LogP contribution in [0.2, 0.25) is 0 Å². The van der Waals surface area contributed by atoms with E-state index in [1.165, 1.54) is 11.3 Å². The molecular formula is C29H36N4O4S2. The fourth-order valence-electron chi connectivity index (χ4n) is 6.87. The van der Waals surface area contributed by atoms with Crippen molar-refractivity contribution in [1.82, 2.24) is 14.9 Å². The number of para-hydroxylation sites is 1. The Labute approximate surface area is 234 Å². The summed E-state index contributed by atoms with van der Waals surface area (Å²) in [7, 11) is -2.15. The second-order valence-corrected chi connectivity index (χ2v) is 14.1. The average molecular weight is 569 g/mol. The molecule has 10 heteroatoms. The molecule has 8 nitrogen and oxygen atoms in total. The largest absolute Gasteiger partial charge is 0.392 e. The summed E-state index contributed by atoms with van der Waals surface area (Å²) in [5.74, 6) is -0.617. The molecule has 208 valence electrons. The van der Waals surface area contributed by atoms with Crippen molar-refractivity contribution in [1.29, 1.82) is 0 Å². The summed E-state index contributed by atoms with van der Waals surface area (Å²) in [5.41, 5.74) is 1.08. The summed E-state index contributed by atoms with van der Waals surface area (Å²) in [4.78, 5) is 24.9. The van der Waals surface area contributed by atoms with Gasteiger partial charge in [0, 0.05) is 41.9 Å². The number of nitrogens with one attached hydrogen (secondary N) is 1. The summed E-state index contributed by atoms with van der Waals surface area (Å²) in [5, 5.41) is 12.7. The lowest BCUT2D eigenvalue weighted by Crippen LogP contribution is -2.53. The van der Waals surface area contributed by atoms with E-state index in [0.717, 1.165) is 35.2 Å². The highest BCUT2D eigenvalue weighted by Gasteiger charge is 2.54. The molecule has 1 fully saturated rings. The molecule has 39 heavy (non-hydrogen) atoms. The van der Waals surface area contributed by atoms with Crippen LogP contribution >= 0.6 is 11.3 Å². The molecule has 1 saturated carbocycles. The predicted molar refractivity (Wildman–Crippen MR) is 154 cm³/mol. The Hall–Kier alpha value is -2.82. The molecule has 2 aromatic heterocycles. The first-order chi connectivity index (χ1) is 18.5. The van der Waals surface area contributed by atoms with Crippen LogP contribution in [-0.4, -0.2) is 54.0 Å². The van der Waals surface area contributed by atoms with Gasteiger partial charge in [-0.05, 0) is 48.6 Å². The number of sulfonamides is 1. The van der Waals surface area contributed by atoms with Gasteiger partial charge in [0.1, 0.15) is 4.90 Å². The summed E-state index contributed by atoms with van der Waals surface area (Å²) in [6.45, 7) is 10.4. The van der Waals surface area contributed by atoms with Gasteiger partial charge >= 0.3 is 0 Å². The van der Waals surface area contributed by atoms with Gasteiger partial charge in [0.25, 0.3) is 10.0 Å². The SMILES string of the molecule is C=CCN(C)C(=O)[C@@H](C)C1CC[C@@]2(C)Cc3sc(NS(=O)(=O)c4cccc5cccnc45)nc3[C@@H](C)[C@@H]2[C@H]1O. The topological polar surface area (TPSA) is 112 Å². The van der Waals surface area contributed by atoms with Crippen molar-refractivity contribution in [3.05, 3.63) is 59.8 Å². The highest BCUT2D eigenvalue weighted by molar-refractivity contribution is 7.93. The van der Waals surface area contributed by atoms with Crippen LogP contribution in [0.15, 0.2) is 54.1 Å². The first-order valence-electron chi connectivity index (χ1n) is 13.4. The lowest BCUT2D eigenvalue weighted by Gasteiger charge is -2.53. The van der Waals surface area contributed by atoms with Crippen LogP contribution in [0, 0.1) is 23.2 Å². The third-order valence-corrected chi connectivity index (χ3v) is 11.3. The fourth-order valence-corrected chi connectivity index (χ4v) is 9.55. The number of carbonyl (C=O) groups excluding carboxylic acids is 1. The van der Waals surface area contributed by atoms with Gasteiger partial charge in [-0.25, -0.2) is 13.4 Å². The number of hydrogen-bond acceptors (Lipinski definition) is 7. The summed E-state index contributed by atoms with van der Waals surface area (Å²) >= 11 is 1.37. The molecule has 0 bridgehead atoms. The molecule has 2 heterocycles. The maximum absolute atomic E-state index is 13.4. The van der Waals surface area contributed by atoms with Crippen molar-refractivity contribution in [2.24, 2.45) is 23.2 Å². The van der Waals surface area contributed by atoms with Gasteiger partial charge in [0.15, 0.2) is 5.13 Å². The lowest BCUT2D eigenvalue weighted by molar-refractivity contribution is -0.143. The van der Waals surface area contributed by atoms with Crippen molar-refractivity contribution < 1.29 is 18.3 Å². The number of hydrogen-bond donors (Lipinski definition) is 2. The first-order valence-corrected chi connectivity index (χ1v) is 15.7. The second kappa shape index (κ2) is 10.3. The summed E-state index contributed by atoms with van der Waals surface area (Å²) < 4.78 is 29.5. The Kier molecular flexibility index (Phi) is 7.32. The molecule has 1 unspecified atom stereocenters. The predicted octanol–water partition coefficient (Wildman–Crippen LogP) is 4.83. The van der Waals surface area contributed by atoms with E-state index in [1.54, 1.807) is 42.4 Å². The molecule has 0 spiro atoms. The third kappa shape index (κ3) is 4.87. The van der Waals surface area contributed by atoms with E-state index in [4.69, 9.17) is 4.98 Å². The van der Waals surface area contributed by atoms with Crippen LogP contribution in [0.3, 0.4) is 0 Å². The Morgan fingerprint density at radius 1 is 1.36 bits per heavy atom. The number of rotatable bonds is 7. The highest BCUT2D eigenvalue weighted by Crippen LogP contribution is 2.57. The minimum absolute atomic E-state index is 0.0139. The minimum atomic E-state index is -3.91. The molecule has 6 atom stereocenters. The lowest BCUT2D eigenvalue weighted by atomic mass is 9.53. The van der Waals surface area contributed by atoms with Crippen molar-refractivity contribution in [3.63, 3.8) is 0 Å². The summed E-state index contributed by atoms with van der Waals surface area (Å²) in [6.07, 6.45) is 4.98. The van der Waals surface area contributed by atoms with Gasteiger partial charge in [0.2, 0.25) is 5.91 Å².